The van der Waals surface area contributed by atoms with Crippen molar-refractivity contribution in [3.63, 3.8) is 0 Å². The summed E-state index contributed by atoms with van der Waals surface area (Å²) >= 11 is 5.87. The van der Waals surface area contributed by atoms with Gasteiger partial charge in [0.05, 0.1) is 11.1 Å². The fraction of sp³-hybridized carbons (Fsp3) is 0.211. The molecule has 0 saturated carbocycles. The van der Waals surface area contributed by atoms with Gasteiger partial charge in [0.1, 0.15) is 6.54 Å². The summed E-state index contributed by atoms with van der Waals surface area (Å²) < 4.78 is 0. The minimum atomic E-state index is -0.507. The third-order valence-corrected chi connectivity index (χ3v) is 4.33. The van der Waals surface area contributed by atoms with E-state index >= 15 is 0 Å². The summed E-state index contributed by atoms with van der Waals surface area (Å²) in [6, 6.07) is 12.0. The maximum absolute atomic E-state index is 12.3. The predicted molar refractivity (Wildman–Crippen MR) is 96.0 cm³/mol. The molecule has 0 unspecified atom stereocenters. The van der Waals surface area contributed by atoms with E-state index in [2.05, 4.69) is 19.2 Å². The zero-order valence-electron chi connectivity index (χ0n) is 13.9. The van der Waals surface area contributed by atoms with Crippen LogP contribution >= 0.6 is 11.6 Å². The second-order valence-electron chi connectivity index (χ2n) is 6.21. The van der Waals surface area contributed by atoms with Crippen molar-refractivity contribution in [3.8, 4) is 0 Å². The number of amides is 3. The molecule has 0 fully saturated rings. The van der Waals surface area contributed by atoms with Crippen molar-refractivity contribution in [3.05, 3.63) is 64.2 Å². The summed E-state index contributed by atoms with van der Waals surface area (Å²) in [5, 5.41) is 3.07. The second-order valence-corrected chi connectivity index (χ2v) is 6.65. The number of hydrogen-bond acceptors (Lipinski definition) is 3. The number of carbonyl (C=O) groups is 3. The lowest BCUT2D eigenvalue weighted by atomic mass is 10.0. The molecule has 1 aliphatic heterocycles. The Balaban J connectivity index is 1.69. The van der Waals surface area contributed by atoms with Gasteiger partial charge in [0, 0.05) is 10.7 Å². The molecule has 1 heterocycles. The number of anilines is 1. The van der Waals surface area contributed by atoms with Gasteiger partial charge in [-0.2, -0.15) is 0 Å². The maximum atomic E-state index is 12.3. The van der Waals surface area contributed by atoms with Gasteiger partial charge in [0.15, 0.2) is 0 Å². The topological polar surface area (TPSA) is 66.5 Å². The van der Waals surface area contributed by atoms with Crippen LogP contribution in [0.1, 0.15) is 46.0 Å². The van der Waals surface area contributed by atoms with E-state index in [-0.39, 0.29) is 17.7 Å². The molecular weight excluding hydrogens is 340 g/mol. The fourth-order valence-corrected chi connectivity index (χ4v) is 2.87. The van der Waals surface area contributed by atoms with Gasteiger partial charge in [0.25, 0.3) is 11.8 Å². The molecule has 3 amide bonds. The van der Waals surface area contributed by atoms with Crippen LogP contribution in [0.4, 0.5) is 5.69 Å². The molecule has 5 nitrogen and oxygen atoms in total. The number of rotatable bonds is 4. The lowest BCUT2D eigenvalue weighted by Gasteiger charge is -2.14. The Bertz CT molecular complexity index is 859. The first-order chi connectivity index (χ1) is 11.9. The molecule has 1 N–H and O–H groups in total. The van der Waals surface area contributed by atoms with Crippen molar-refractivity contribution in [2.45, 2.75) is 19.8 Å². The largest absolute Gasteiger partial charge is 0.325 e. The average molecular weight is 357 g/mol. The second kappa shape index (κ2) is 6.69. The number of nitrogens with zero attached hydrogens (tertiary/aromatic N) is 1. The lowest BCUT2D eigenvalue weighted by Crippen LogP contribution is -2.37. The Kier molecular flexibility index (Phi) is 4.59. The van der Waals surface area contributed by atoms with E-state index in [1.807, 2.05) is 12.1 Å². The minimum absolute atomic E-state index is 0.228. The lowest BCUT2D eigenvalue weighted by molar-refractivity contribution is -0.116. The van der Waals surface area contributed by atoms with Crippen molar-refractivity contribution < 1.29 is 14.4 Å². The molecule has 6 heteroatoms. The van der Waals surface area contributed by atoms with Crippen LogP contribution < -0.4 is 5.32 Å². The molecule has 0 radical (unpaired) electrons. The normalized spacial score (nSPS) is 13.4. The van der Waals surface area contributed by atoms with Crippen molar-refractivity contribution in [1.82, 2.24) is 4.90 Å². The molecule has 0 saturated heterocycles. The highest BCUT2D eigenvalue weighted by Crippen LogP contribution is 2.25. The summed E-state index contributed by atoms with van der Waals surface area (Å²) in [6.07, 6.45) is 0. The zero-order valence-corrected chi connectivity index (χ0v) is 14.6. The Morgan fingerprint density at radius 3 is 2.32 bits per heavy atom. The molecule has 0 aliphatic carbocycles. The Hall–Kier alpha value is -2.66. The first-order valence-electron chi connectivity index (χ1n) is 7.92. The molecule has 0 spiro atoms. The van der Waals surface area contributed by atoms with Gasteiger partial charge >= 0.3 is 0 Å². The molecule has 128 valence electrons. The van der Waals surface area contributed by atoms with Crippen LogP contribution in [0.15, 0.2) is 42.5 Å². The Labute approximate surface area is 150 Å². The molecule has 0 aromatic heterocycles. The third kappa shape index (κ3) is 3.42. The Morgan fingerprint density at radius 2 is 1.68 bits per heavy atom. The number of fused-ring (bicyclic) bond motifs is 1. The van der Waals surface area contributed by atoms with E-state index in [4.69, 9.17) is 11.6 Å². The Morgan fingerprint density at radius 1 is 1.04 bits per heavy atom. The van der Waals surface area contributed by atoms with Crippen molar-refractivity contribution in [2.24, 2.45) is 0 Å². The summed E-state index contributed by atoms with van der Waals surface area (Å²) in [5.41, 5.74) is 2.28. The summed E-state index contributed by atoms with van der Waals surface area (Å²) in [4.78, 5) is 37.8. The predicted octanol–water partition coefficient (Wildman–Crippen LogP) is 3.70. The van der Waals surface area contributed by atoms with Crippen LogP contribution in [0.3, 0.4) is 0 Å². The number of carbonyl (C=O) groups excluding carboxylic acids is 3. The minimum Gasteiger partial charge on any atom is -0.325 e. The van der Waals surface area contributed by atoms with Crippen LogP contribution in [0, 0.1) is 0 Å². The molecular formula is C19H17ClN2O3. The van der Waals surface area contributed by atoms with E-state index in [0.717, 1.165) is 10.5 Å². The SMILES string of the molecule is CC(C)c1ccc(NC(=O)CN2C(=O)c3ccc(Cl)cc3C2=O)cc1. The quantitative estimate of drug-likeness (QED) is 0.849. The van der Waals surface area contributed by atoms with Gasteiger partial charge in [-0.3, -0.25) is 19.3 Å². The van der Waals surface area contributed by atoms with Gasteiger partial charge in [-0.15, -0.1) is 0 Å². The standard InChI is InChI=1S/C19H17ClN2O3/c1-11(2)12-3-6-14(7-4-12)21-17(23)10-22-18(24)15-8-5-13(20)9-16(15)19(22)25/h3-9,11H,10H2,1-2H3,(H,21,23). The van der Waals surface area contributed by atoms with Crippen LogP contribution in [0.25, 0.3) is 0 Å². The molecule has 25 heavy (non-hydrogen) atoms. The molecule has 0 atom stereocenters. The van der Waals surface area contributed by atoms with Gasteiger partial charge in [-0.1, -0.05) is 37.6 Å². The van der Waals surface area contributed by atoms with E-state index in [9.17, 15) is 14.4 Å². The van der Waals surface area contributed by atoms with Crippen molar-refractivity contribution in [2.75, 3.05) is 11.9 Å². The average Bonchev–Trinajstić information content (AvgIpc) is 2.80. The number of imide groups is 1. The molecule has 3 rings (SSSR count). The number of halogens is 1. The van der Waals surface area contributed by atoms with Crippen molar-refractivity contribution >= 4 is 35.0 Å². The third-order valence-electron chi connectivity index (χ3n) is 4.10. The van der Waals surface area contributed by atoms with Gasteiger partial charge in [0.2, 0.25) is 5.91 Å². The summed E-state index contributed by atoms with van der Waals surface area (Å²) in [6.45, 7) is 3.83. The highest BCUT2D eigenvalue weighted by molar-refractivity contribution is 6.32. The van der Waals surface area contributed by atoms with Gasteiger partial charge in [-0.05, 0) is 41.8 Å². The molecule has 2 aromatic carbocycles. The first kappa shape index (κ1) is 17.2. The van der Waals surface area contributed by atoms with E-state index < -0.39 is 17.7 Å². The van der Waals surface area contributed by atoms with Crippen LogP contribution in [-0.4, -0.2) is 29.2 Å². The monoisotopic (exact) mass is 356 g/mol. The van der Waals surface area contributed by atoms with Crippen LogP contribution in [-0.2, 0) is 4.79 Å². The molecule has 0 bridgehead atoms. The van der Waals surface area contributed by atoms with E-state index in [1.54, 1.807) is 18.2 Å². The molecule has 2 aromatic rings. The molecule has 1 aliphatic rings. The zero-order chi connectivity index (χ0) is 18.1. The number of nitrogens with one attached hydrogen (secondary N) is 1. The fourth-order valence-electron chi connectivity index (χ4n) is 2.70. The highest BCUT2D eigenvalue weighted by atomic mass is 35.5. The van der Waals surface area contributed by atoms with Gasteiger partial charge < -0.3 is 5.32 Å². The highest BCUT2D eigenvalue weighted by Gasteiger charge is 2.36. The van der Waals surface area contributed by atoms with E-state index in [0.29, 0.717) is 16.6 Å². The van der Waals surface area contributed by atoms with Crippen LogP contribution in [0.5, 0.6) is 0 Å². The maximum Gasteiger partial charge on any atom is 0.262 e. The van der Waals surface area contributed by atoms with E-state index in [1.165, 1.54) is 12.1 Å². The summed E-state index contributed by atoms with van der Waals surface area (Å²) in [7, 11) is 0. The van der Waals surface area contributed by atoms with Gasteiger partial charge in [-0.25, -0.2) is 0 Å². The number of benzene rings is 2. The number of hydrogen-bond donors (Lipinski definition) is 1. The first-order valence-corrected chi connectivity index (χ1v) is 8.30. The summed E-state index contributed by atoms with van der Waals surface area (Å²) in [5.74, 6) is -1.03. The van der Waals surface area contributed by atoms with Crippen molar-refractivity contribution in [1.29, 1.82) is 0 Å². The van der Waals surface area contributed by atoms with Crippen LogP contribution in [0.2, 0.25) is 5.02 Å². The smallest absolute Gasteiger partial charge is 0.262 e.